The molecule has 2 heterocycles. The number of piperidine rings is 1. The molecule has 0 saturated carbocycles. The van der Waals surface area contributed by atoms with Crippen molar-refractivity contribution in [2.75, 3.05) is 37.4 Å². The van der Waals surface area contributed by atoms with E-state index in [4.69, 9.17) is 4.74 Å². The van der Waals surface area contributed by atoms with Gasteiger partial charge in [-0.1, -0.05) is 18.2 Å². The highest BCUT2D eigenvalue weighted by molar-refractivity contribution is 6.03. The Bertz CT molecular complexity index is 766. The van der Waals surface area contributed by atoms with Crippen LogP contribution in [-0.2, 0) is 9.53 Å². The third kappa shape index (κ3) is 4.69. The number of ether oxygens (including phenoxy) is 1. The van der Waals surface area contributed by atoms with Gasteiger partial charge in [0.15, 0.2) is 0 Å². The molecule has 1 aromatic carbocycles. The van der Waals surface area contributed by atoms with Crippen molar-refractivity contribution in [3.8, 4) is 0 Å². The summed E-state index contributed by atoms with van der Waals surface area (Å²) in [5, 5.41) is 8.93. The molecule has 7 nitrogen and oxygen atoms in total. The first-order valence-electron chi connectivity index (χ1n) is 8.96. The van der Waals surface area contributed by atoms with E-state index in [2.05, 4.69) is 20.9 Å². The van der Waals surface area contributed by atoms with Crippen molar-refractivity contribution in [2.45, 2.75) is 12.8 Å². The first-order valence-corrected chi connectivity index (χ1v) is 8.96. The van der Waals surface area contributed by atoms with Gasteiger partial charge in [0.1, 0.15) is 5.82 Å². The Morgan fingerprint density at radius 1 is 1.11 bits per heavy atom. The predicted molar refractivity (Wildman–Crippen MR) is 104 cm³/mol. The minimum Gasteiger partial charge on any atom is -0.384 e. The molecule has 1 aromatic heterocycles. The van der Waals surface area contributed by atoms with Crippen molar-refractivity contribution in [3.05, 3.63) is 54.2 Å². The Balaban J connectivity index is 1.63. The summed E-state index contributed by atoms with van der Waals surface area (Å²) in [5.41, 5.74) is 0.621. The second kappa shape index (κ2) is 8.75. The lowest BCUT2D eigenvalue weighted by atomic mass is 9.78. The predicted octanol–water partition coefficient (Wildman–Crippen LogP) is 2.29. The summed E-state index contributed by atoms with van der Waals surface area (Å²) in [6.45, 7) is 1.97. The number of hydrogen-bond donors (Lipinski definition) is 3. The molecule has 0 aliphatic carbocycles. The van der Waals surface area contributed by atoms with Gasteiger partial charge in [0.25, 0.3) is 5.91 Å². The van der Waals surface area contributed by atoms with E-state index in [0.717, 1.165) is 25.9 Å². The smallest absolute Gasteiger partial charge is 0.256 e. The fourth-order valence-corrected chi connectivity index (χ4v) is 3.20. The van der Waals surface area contributed by atoms with E-state index in [1.807, 2.05) is 6.07 Å². The molecule has 0 bridgehead atoms. The molecule has 0 atom stereocenters. The summed E-state index contributed by atoms with van der Waals surface area (Å²) in [5.74, 6) is 0.137. The highest BCUT2D eigenvalue weighted by atomic mass is 16.5. The van der Waals surface area contributed by atoms with E-state index in [9.17, 15) is 9.59 Å². The summed E-state index contributed by atoms with van der Waals surface area (Å²) in [6, 6.07) is 12.3. The molecule has 2 aromatic rings. The van der Waals surface area contributed by atoms with Crippen LogP contribution < -0.4 is 16.0 Å². The molecule has 1 saturated heterocycles. The molecule has 0 unspecified atom stereocenters. The monoisotopic (exact) mass is 368 g/mol. The SMILES string of the molecule is COCC1(C(=O)Nc2ccc(NC(=O)c3ccccc3)nc2)CCNCC1. The van der Waals surface area contributed by atoms with Crippen molar-refractivity contribution in [1.82, 2.24) is 10.3 Å². The first kappa shape index (κ1) is 19.0. The largest absolute Gasteiger partial charge is 0.384 e. The summed E-state index contributed by atoms with van der Waals surface area (Å²) in [7, 11) is 1.61. The number of amides is 2. The Labute approximate surface area is 158 Å². The van der Waals surface area contributed by atoms with Gasteiger partial charge in [-0.25, -0.2) is 4.98 Å². The van der Waals surface area contributed by atoms with Crippen LogP contribution in [0.25, 0.3) is 0 Å². The fraction of sp³-hybridized carbons (Fsp3) is 0.350. The quantitative estimate of drug-likeness (QED) is 0.728. The number of methoxy groups -OCH3 is 1. The van der Waals surface area contributed by atoms with Crippen LogP contribution in [0.15, 0.2) is 48.7 Å². The number of rotatable bonds is 6. The third-order valence-electron chi connectivity index (χ3n) is 4.76. The van der Waals surface area contributed by atoms with E-state index in [1.165, 1.54) is 0 Å². The van der Waals surface area contributed by atoms with Crippen LogP contribution in [0, 0.1) is 5.41 Å². The highest BCUT2D eigenvalue weighted by Gasteiger charge is 2.39. The summed E-state index contributed by atoms with van der Waals surface area (Å²) in [6.07, 6.45) is 3.00. The molecule has 0 radical (unpaired) electrons. The van der Waals surface area contributed by atoms with Crippen molar-refractivity contribution in [2.24, 2.45) is 5.41 Å². The molecule has 142 valence electrons. The summed E-state index contributed by atoms with van der Waals surface area (Å²) >= 11 is 0. The number of nitrogens with one attached hydrogen (secondary N) is 3. The van der Waals surface area contributed by atoms with Gasteiger partial charge in [-0.2, -0.15) is 0 Å². The molecule has 2 amide bonds. The average Bonchev–Trinajstić information content (AvgIpc) is 2.71. The second-order valence-electron chi connectivity index (χ2n) is 6.67. The van der Waals surface area contributed by atoms with Gasteiger partial charge in [0.05, 0.1) is 23.9 Å². The van der Waals surface area contributed by atoms with Gasteiger partial charge in [0.2, 0.25) is 5.91 Å². The fourth-order valence-electron chi connectivity index (χ4n) is 3.20. The number of nitrogens with zero attached hydrogens (tertiary/aromatic N) is 1. The zero-order chi connectivity index (χ0) is 19.1. The number of benzene rings is 1. The molecule has 27 heavy (non-hydrogen) atoms. The topological polar surface area (TPSA) is 92.4 Å². The van der Waals surface area contributed by atoms with Crippen molar-refractivity contribution < 1.29 is 14.3 Å². The van der Waals surface area contributed by atoms with E-state index < -0.39 is 5.41 Å². The van der Waals surface area contributed by atoms with Gasteiger partial charge >= 0.3 is 0 Å². The first-order chi connectivity index (χ1) is 13.1. The van der Waals surface area contributed by atoms with Gasteiger partial charge in [-0.05, 0) is 50.2 Å². The van der Waals surface area contributed by atoms with Crippen LogP contribution in [0.2, 0.25) is 0 Å². The van der Waals surface area contributed by atoms with Gasteiger partial charge in [0, 0.05) is 12.7 Å². The number of pyridine rings is 1. The minimum absolute atomic E-state index is 0.0614. The van der Waals surface area contributed by atoms with Crippen molar-refractivity contribution in [3.63, 3.8) is 0 Å². The van der Waals surface area contributed by atoms with Crippen LogP contribution >= 0.6 is 0 Å². The second-order valence-corrected chi connectivity index (χ2v) is 6.67. The lowest BCUT2D eigenvalue weighted by molar-refractivity contribution is -0.130. The number of carbonyl (C=O) groups is 2. The average molecular weight is 368 g/mol. The van der Waals surface area contributed by atoms with Crippen LogP contribution in [0.5, 0.6) is 0 Å². The van der Waals surface area contributed by atoms with E-state index in [1.54, 1.807) is 49.7 Å². The van der Waals surface area contributed by atoms with Crippen molar-refractivity contribution in [1.29, 1.82) is 0 Å². The Kier molecular flexibility index (Phi) is 6.16. The van der Waals surface area contributed by atoms with Crippen LogP contribution in [0.4, 0.5) is 11.5 Å². The zero-order valence-electron chi connectivity index (χ0n) is 15.3. The molecule has 7 heteroatoms. The van der Waals surface area contributed by atoms with E-state index in [0.29, 0.717) is 23.7 Å². The van der Waals surface area contributed by atoms with Crippen LogP contribution in [0.1, 0.15) is 23.2 Å². The minimum atomic E-state index is -0.528. The number of hydrogen-bond acceptors (Lipinski definition) is 5. The van der Waals surface area contributed by atoms with Gasteiger partial charge in [-0.15, -0.1) is 0 Å². The zero-order valence-corrected chi connectivity index (χ0v) is 15.3. The molecule has 1 fully saturated rings. The number of carbonyl (C=O) groups excluding carboxylic acids is 2. The van der Waals surface area contributed by atoms with Gasteiger partial charge in [-0.3, -0.25) is 9.59 Å². The van der Waals surface area contributed by atoms with Crippen LogP contribution in [-0.4, -0.2) is 43.6 Å². The van der Waals surface area contributed by atoms with E-state index in [-0.39, 0.29) is 11.8 Å². The maximum Gasteiger partial charge on any atom is 0.256 e. The van der Waals surface area contributed by atoms with Gasteiger partial charge < -0.3 is 20.7 Å². The summed E-state index contributed by atoms with van der Waals surface area (Å²) < 4.78 is 5.30. The Morgan fingerprint density at radius 3 is 2.48 bits per heavy atom. The number of anilines is 2. The molecular weight excluding hydrogens is 344 g/mol. The lowest BCUT2D eigenvalue weighted by Gasteiger charge is -2.35. The lowest BCUT2D eigenvalue weighted by Crippen LogP contribution is -2.47. The molecule has 1 aliphatic rings. The number of aromatic nitrogens is 1. The highest BCUT2D eigenvalue weighted by Crippen LogP contribution is 2.30. The normalized spacial score (nSPS) is 15.7. The molecule has 1 aliphatic heterocycles. The summed E-state index contributed by atoms with van der Waals surface area (Å²) in [4.78, 5) is 29.2. The van der Waals surface area contributed by atoms with Crippen LogP contribution in [0.3, 0.4) is 0 Å². The maximum absolute atomic E-state index is 12.8. The van der Waals surface area contributed by atoms with E-state index >= 15 is 0 Å². The molecule has 3 N–H and O–H groups in total. The Hall–Kier alpha value is -2.77. The molecular formula is C20H24N4O3. The standard InChI is InChI=1S/C20H24N4O3/c1-27-14-20(9-11-21-12-10-20)19(26)23-16-7-8-17(22-13-16)24-18(25)15-5-3-2-4-6-15/h2-8,13,21H,9-12,14H2,1H3,(H,23,26)(H,22,24,25). The van der Waals surface area contributed by atoms with Crippen molar-refractivity contribution >= 4 is 23.3 Å². The Morgan fingerprint density at radius 2 is 1.85 bits per heavy atom. The third-order valence-corrected chi connectivity index (χ3v) is 4.76. The maximum atomic E-state index is 12.8. The molecule has 0 spiro atoms. The molecule has 3 rings (SSSR count).